The van der Waals surface area contributed by atoms with Crippen LogP contribution in [0.2, 0.25) is 0 Å². The molecule has 6 heteroatoms. The zero-order chi connectivity index (χ0) is 18.1. The minimum absolute atomic E-state index is 0.142. The van der Waals surface area contributed by atoms with Gasteiger partial charge in [0.25, 0.3) is 11.8 Å². The van der Waals surface area contributed by atoms with Crippen molar-refractivity contribution in [3.05, 3.63) is 64.7 Å². The fraction of sp³-hybridized carbons (Fsp3) is 0.211. The smallest absolute Gasteiger partial charge is 0.335 e. The summed E-state index contributed by atoms with van der Waals surface area (Å²) < 4.78 is 0. The summed E-state index contributed by atoms with van der Waals surface area (Å²) in [5.41, 5.74) is 2.43. The van der Waals surface area contributed by atoms with Crippen LogP contribution in [0.4, 0.5) is 5.69 Å². The Balaban J connectivity index is 1.85. The molecule has 0 unspecified atom stereocenters. The molecule has 0 fully saturated rings. The average Bonchev–Trinajstić information content (AvgIpc) is 2.84. The molecular weight excluding hydrogens is 320 g/mol. The molecule has 0 bridgehead atoms. The van der Waals surface area contributed by atoms with Gasteiger partial charge in [-0.05, 0) is 42.3 Å². The maximum absolute atomic E-state index is 12.4. The number of fused-ring (bicyclic) bond motifs is 1. The number of anilines is 1. The number of hydrogen-bond acceptors (Lipinski definition) is 4. The summed E-state index contributed by atoms with van der Waals surface area (Å²) in [4.78, 5) is 39.3. The predicted molar refractivity (Wildman–Crippen MR) is 93.2 cm³/mol. The molecule has 0 saturated heterocycles. The molecule has 1 N–H and O–H groups in total. The highest BCUT2D eigenvalue weighted by Crippen LogP contribution is 2.24. The molecule has 1 aliphatic heterocycles. The van der Waals surface area contributed by atoms with Crippen LogP contribution in [0.5, 0.6) is 0 Å². The van der Waals surface area contributed by atoms with Gasteiger partial charge < -0.3 is 10.0 Å². The molecule has 2 aromatic rings. The van der Waals surface area contributed by atoms with Crippen LogP contribution >= 0.6 is 0 Å². The Kier molecular flexibility index (Phi) is 4.27. The standard InChI is InChI=1S/C19H18N2O4/c1-20(2)13-7-8-14(19(24)25)12(11-13)9-10-21-17(22)15-5-3-4-6-16(15)18(21)23/h3-8,11H,9-10H2,1-2H3,(H,24,25). The second kappa shape index (κ2) is 6.39. The number of carbonyl (C=O) groups excluding carboxylic acids is 2. The third-order valence-corrected chi connectivity index (χ3v) is 4.32. The highest BCUT2D eigenvalue weighted by molar-refractivity contribution is 6.21. The van der Waals surface area contributed by atoms with Crippen LogP contribution in [0.1, 0.15) is 36.6 Å². The molecule has 3 rings (SSSR count). The Labute approximate surface area is 145 Å². The van der Waals surface area contributed by atoms with Gasteiger partial charge in [0.05, 0.1) is 16.7 Å². The molecule has 25 heavy (non-hydrogen) atoms. The van der Waals surface area contributed by atoms with Crippen LogP contribution in [0.25, 0.3) is 0 Å². The number of imide groups is 1. The number of rotatable bonds is 5. The molecule has 6 nitrogen and oxygen atoms in total. The summed E-state index contributed by atoms with van der Waals surface area (Å²) in [6.07, 6.45) is 0.286. The topological polar surface area (TPSA) is 77.9 Å². The molecule has 0 aliphatic carbocycles. The van der Waals surface area contributed by atoms with Crippen molar-refractivity contribution in [1.82, 2.24) is 4.90 Å². The van der Waals surface area contributed by atoms with Gasteiger partial charge in [-0.1, -0.05) is 12.1 Å². The SMILES string of the molecule is CN(C)c1ccc(C(=O)O)c(CCN2C(=O)c3ccccc3C2=O)c1. The van der Waals surface area contributed by atoms with Crippen molar-refractivity contribution in [2.45, 2.75) is 6.42 Å². The monoisotopic (exact) mass is 338 g/mol. The van der Waals surface area contributed by atoms with Crippen LogP contribution in [0, 0.1) is 0 Å². The Morgan fingerprint density at radius 3 is 2.16 bits per heavy atom. The molecule has 128 valence electrons. The fourth-order valence-corrected chi connectivity index (χ4v) is 2.95. The lowest BCUT2D eigenvalue weighted by Crippen LogP contribution is -2.32. The Morgan fingerprint density at radius 1 is 1.04 bits per heavy atom. The van der Waals surface area contributed by atoms with Gasteiger partial charge in [0.2, 0.25) is 0 Å². The second-order valence-electron chi connectivity index (χ2n) is 6.10. The average molecular weight is 338 g/mol. The Hall–Kier alpha value is -3.15. The summed E-state index contributed by atoms with van der Waals surface area (Å²) >= 11 is 0. The quantitative estimate of drug-likeness (QED) is 0.847. The first-order chi connectivity index (χ1) is 11.9. The summed E-state index contributed by atoms with van der Waals surface area (Å²) in [5, 5.41) is 9.37. The molecule has 1 aliphatic rings. The van der Waals surface area contributed by atoms with Gasteiger partial charge in [0, 0.05) is 26.3 Å². The maximum Gasteiger partial charge on any atom is 0.335 e. The van der Waals surface area contributed by atoms with E-state index >= 15 is 0 Å². The minimum atomic E-state index is -1.03. The first kappa shape index (κ1) is 16.7. The molecule has 0 saturated carbocycles. The lowest BCUT2D eigenvalue weighted by molar-refractivity contribution is 0.0655. The molecule has 1 heterocycles. The van der Waals surface area contributed by atoms with Crippen LogP contribution in [-0.4, -0.2) is 48.4 Å². The highest BCUT2D eigenvalue weighted by Gasteiger charge is 2.34. The molecule has 2 aromatic carbocycles. The largest absolute Gasteiger partial charge is 0.478 e. The van der Waals surface area contributed by atoms with Crippen LogP contribution < -0.4 is 4.90 Å². The van der Waals surface area contributed by atoms with Crippen molar-refractivity contribution in [2.24, 2.45) is 0 Å². The number of amides is 2. The van der Waals surface area contributed by atoms with Gasteiger partial charge in [0.1, 0.15) is 0 Å². The summed E-state index contributed by atoms with van der Waals surface area (Å²) in [7, 11) is 3.73. The van der Waals surface area contributed by atoms with Gasteiger partial charge in [-0.2, -0.15) is 0 Å². The van der Waals surface area contributed by atoms with Crippen molar-refractivity contribution in [2.75, 3.05) is 25.5 Å². The first-order valence-electron chi connectivity index (χ1n) is 7.89. The van der Waals surface area contributed by atoms with Gasteiger partial charge >= 0.3 is 5.97 Å². The van der Waals surface area contributed by atoms with Gasteiger partial charge in [-0.3, -0.25) is 14.5 Å². The lowest BCUT2D eigenvalue weighted by atomic mass is 10.0. The summed E-state index contributed by atoms with van der Waals surface area (Å²) in [6.45, 7) is 0.142. The van der Waals surface area contributed by atoms with Crippen molar-refractivity contribution in [3.8, 4) is 0 Å². The second-order valence-corrected chi connectivity index (χ2v) is 6.10. The third kappa shape index (κ3) is 2.98. The molecule has 0 aromatic heterocycles. The van der Waals surface area contributed by atoms with E-state index in [1.54, 1.807) is 42.5 Å². The van der Waals surface area contributed by atoms with E-state index in [4.69, 9.17) is 0 Å². The van der Waals surface area contributed by atoms with Crippen molar-refractivity contribution >= 4 is 23.5 Å². The number of carboxylic acids is 1. The van der Waals surface area contributed by atoms with Gasteiger partial charge in [0.15, 0.2) is 0 Å². The summed E-state index contributed by atoms with van der Waals surface area (Å²) in [6, 6.07) is 11.8. The van der Waals surface area contributed by atoms with E-state index in [2.05, 4.69) is 0 Å². The molecular formula is C19H18N2O4. The minimum Gasteiger partial charge on any atom is -0.478 e. The van der Waals surface area contributed by atoms with Crippen molar-refractivity contribution in [3.63, 3.8) is 0 Å². The van der Waals surface area contributed by atoms with E-state index in [1.807, 2.05) is 19.0 Å². The Morgan fingerprint density at radius 2 is 1.64 bits per heavy atom. The number of benzene rings is 2. The van der Waals surface area contributed by atoms with E-state index < -0.39 is 5.97 Å². The lowest BCUT2D eigenvalue weighted by Gasteiger charge is -2.18. The molecule has 0 atom stereocenters. The zero-order valence-electron chi connectivity index (χ0n) is 14.0. The van der Waals surface area contributed by atoms with E-state index in [1.165, 1.54) is 4.90 Å². The predicted octanol–water partition coefficient (Wildman–Crippen LogP) is 2.29. The molecule has 0 spiro atoms. The highest BCUT2D eigenvalue weighted by atomic mass is 16.4. The third-order valence-electron chi connectivity index (χ3n) is 4.32. The van der Waals surface area contributed by atoms with E-state index in [-0.39, 0.29) is 30.3 Å². The first-order valence-corrected chi connectivity index (χ1v) is 7.89. The Bertz CT molecular complexity index is 838. The number of aromatic carboxylic acids is 1. The zero-order valence-corrected chi connectivity index (χ0v) is 14.0. The maximum atomic E-state index is 12.4. The van der Waals surface area contributed by atoms with E-state index in [9.17, 15) is 19.5 Å². The molecule has 0 radical (unpaired) electrons. The number of hydrogen-bond donors (Lipinski definition) is 1. The van der Waals surface area contributed by atoms with E-state index in [0.717, 1.165) is 5.69 Å². The van der Waals surface area contributed by atoms with Crippen LogP contribution in [-0.2, 0) is 6.42 Å². The van der Waals surface area contributed by atoms with Crippen LogP contribution in [0.3, 0.4) is 0 Å². The van der Waals surface area contributed by atoms with Gasteiger partial charge in [-0.25, -0.2) is 4.79 Å². The molecule has 2 amide bonds. The number of carbonyl (C=O) groups is 3. The number of nitrogens with zero attached hydrogens (tertiary/aromatic N) is 2. The van der Waals surface area contributed by atoms with E-state index in [0.29, 0.717) is 16.7 Å². The van der Waals surface area contributed by atoms with Crippen molar-refractivity contribution in [1.29, 1.82) is 0 Å². The normalized spacial score (nSPS) is 13.1. The number of carboxylic acid groups (broad SMARTS) is 1. The summed E-state index contributed by atoms with van der Waals surface area (Å²) in [5.74, 6) is -1.69. The fourth-order valence-electron chi connectivity index (χ4n) is 2.95. The van der Waals surface area contributed by atoms with Gasteiger partial charge in [-0.15, -0.1) is 0 Å². The van der Waals surface area contributed by atoms with Crippen LogP contribution in [0.15, 0.2) is 42.5 Å². The van der Waals surface area contributed by atoms with Crippen molar-refractivity contribution < 1.29 is 19.5 Å².